The van der Waals surface area contributed by atoms with Crippen molar-refractivity contribution in [2.24, 2.45) is 0 Å². The molecule has 1 aromatic carbocycles. The van der Waals surface area contributed by atoms with E-state index in [1.807, 2.05) is 20.0 Å². The zero-order valence-corrected chi connectivity index (χ0v) is 5.76. The number of rotatable bonds is 0. The lowest BCUT2D eigenvalue weighted by Crippen LogP contribution is -2.04. The van der Waals surface area contributed by atoms with Gasteiger partial charge in [0.25, 0.3) is 0 Å². The van der Waals surface area contributed by atoms with Crippen LogP contribution in [0.25, 0.3) is 0 Å². The quantitative estimate of drug-likeness (QED) is 0.376. The van der Waals surface area contributed by atoms with Crippen LogP contribution in [-0.4, -0.2) is 7.85 Å². The first-order valence-corrected chi connectivity index (χ1v) is 2.99. The fraction of sp³-hybridized carbons (Fsp3) is 0. The lowest BCUT2D eigenvalue weighted by atomic mass is 9.94. The highest BCUT2D eigenvalue weighted by Gasteiger charge is 1.92. The molecule has 0 aromatic heterocycles. The van der Waals surface area contributed by atoms with Crippen LogP contribution in [0.5, 0.6) is 0 Å². The minimum absolute atomic E-state index is 0.623. The normalized spacial score (nSPS) is 8.70. The van der Waals surface area contributed by atoms with Gasteiger partial charge in [0.2, 0.25) is 0 Å². The fourth-order valence-corrected chi connectivity index (χ4v) is 0.877. The largest absolute Gasteiger partial charge is 0.399 e. The standard InChI is InChI=1S/C7H7BN2/c8-6-1-5(4-9)2-7(10)3-6/h1-3H,8,10H2. The molecule has 0 atom stereocenters. The smallest absolute Gasteiger partial charge is 0.139 e. The van der Waals surface area contributed by atoms with E-state index in [2.05, 4.69) is 0 Å². The van der Waals surface area contributed by atoms with E-state index in [4.69, 9.17) is 11.0 Å². The monoisotopic (exact) mass is 130 g/mol. The Morgan fingerprint density at radius 1 is 1.40 bits per heavy atom. The minimum Gasteiger partial charge on any atom is -0.399 e. The molecule has 0 radical (unpaired) electrons. The van der Waals surface area contributed by atoms with Crippen LogP contribution in [0.15, 0.2) is 18.2 Å². The molecule has 3 heteroatoms. The van der Waals surface area contributed by atoms with Crippen molar-refractivity contribution in [1.29, 1.82) is 5.26 Å². The van der Waals surface area contributed by atoms with E-state index in [1.54, 1.807) is 12.1 Å². The highest BCUT2D eigenvalue weighted by Crippen LogP contribution is 2.01. The van der Waals surface area contributed by atoms with Crippen LogP contribution in [0, 0.1) is 11.3 Å². The first-order chi connectivity index (χ1) is 4.72. The minimum atomic E-state index is 0.623. The molecule has 2 nitrogen and oxygen atoms in total. The average Bonchev–Trinajstić information content (AvgIpc) is 1.85. The zero-order valence-electron chi connectivity index (χ0n) is 5.76. The Labute approximate surface area is 60.7 Å². The van der Waals surface area contributed by atoms with Crippen LogP contribution >= 0.6 is 0 Å². The Balaban J connectivity index is 3.22. The predicted octanol–water partition coefficient (Wildman–Crippen LogP) is -0.601. The van der Waals surface area contributed by atoms with Gasteiger partial charge >= 0.3 is 0 Å². The van der Waals surface area contributed by atoms with E-state index in [-0.39, 0.29) is 0 Å². The lowest BCUT2D eigenvalue weighted by molar-refractivity contribution is 1.49. The number of nitrogen functional groups attached to an aromatic ring is 1. The first kappa shape index (κ1) is 6.69. The maximum atomic E-state index is 8.48. The van der Waals surface area contributed by atoms with Crippen molar-refractivity contribution >= 4 is 19.0 Å². The van der Waals surface area contributed by atoms with Crippen LogP contribution in [0.2, 0.25) is 0 Å². The van der Waals surface area contributed by atoms with Crippen molar-refractivity contribution in [3.63, 3.8) is 0 Å². The number of hydrogen-bond donors (Lipinski definition) is 1. The maximum absolute atomic E-state index is 8.48. The van der Waals surface area contributed by atoms with Crippen LogP contribution in [-0.2, 0) is 0 Å². The van der Waals surface area contributed by atoms with E-state index in [9.17, 15) is 0 Å². The molecule has 0 heterocycles. The molecule has 2 N–H and O–H groups in total. The first-order valence-electron chi connectivity index (χ1n) is 2.99. The third-order valence-electron chi connectivity index (χ3n) is 1.23. The molecule has 48 valence electrons. The summed E-state index contributed by atoms with van der Waals surface area (Å²) in [5.41, 5.74) is 7.78. The van der Waals surface area contributed by atoms with Crippen molar-refractivity contribution in [2.75, 3.05) is 5.73 Å². The Morgan fingerprint density at radius 2 is 2.10 bits per heavy atom. The highest BCUT2D eigenvalue weighted by molar-refractivity contribution is 6.32. The third-order valence-corrected chi connectivity index (χ3v) is 1.23. The summed E-state index contributed by atoms with van der Waals surface area (Å²) >= 11 is 0. The van der Waals surface area contributed by atoms with E-state index >= 15 is 0 Å². The van der Waals surface area contributed by atoms with Gasteiger partial charge in [-0.1, -0.05) is 11.5 Å². The molecule has 0 aliphatic heterocycles. The molecule has 0 fully saturated rings. The lowest BCUT2D eigenvalue weighted by Gasteiger charge is -1.95. The van der Waals surface area contributed by atoms with E-state index in [0.717, 1.165) is 5.46 Å². The highest BCUT2D eigenvalue weighted by atomic mass is 14.5. The number of nitrogens with zero attached hydrogens (tertiary/aromatic N) is 1. The predicted molar refractivity (Wildman–Crippen MR) is 43.7 cm³/mol. The molecule has 1 aromatic rings. The molecule has 0 spiro atoms. The number of anilines is 1. The van der Waals surface area contributed by atoms with Gasteiger partial charge in [0.05, 0.1) is 11.6 Å². The zero-order chi connectivity index (χ0) is 7.56. The van der Waals surface area contributed by atoms with Crippen LogP contribution in [0.4, 0.5) is 5.69 Å². The van der Waals surface area contributed by atoms with Crippen molar-refractivity contribution in [1.82, 2.24) is 0 Å². The molecule has 0 unspecified atom stereocenters. The third kappa shape index (κ3) is 1.29. The number of nitrogens with two attached hydrogens (primary N) is 1. The molecule has 1 rings (SSSR count). The molecule has 0 saturated heterocycles. The van der Waals surface area contributed by atoms with Crippen molar-refractivity contribution < 1.29 is 0 Å². The van der Waals surface area contributed by atoms with E-state index < -0.39 is 0 Å². The summed E-state index contributed by atoms with van der Waals surface area (Å²) in [6, 6.07) is 7.32. The van der Waals surface area contributed by atoms with Crippen molar-refractivity contribution in [3.05, 3.63) is 23.8 Å². The average molecular weight is 130 g/mol. The van der Waals surface area contributed by atoms with Crippen LogP contribution in [0.1, 0.15) is 5.56 Å². The molecule has 0 bridgehead atoms. The second-order valence-electron chi connectivity index (χ2n) is 2.24. The van der Waals surface area contributed by atoms with Crippen molar-refractivity contribution in [2.45, 2.75) is 0 Å². The number of hydrogen-bond acceptors (Lipinski definition) is 2. The second-order valence-corrected chi connectivity index (χ2v) is 2.24. The number of benzene rings is 1. The van der Waals surface area contributed by atoms with Gasteiger partial charge in [0.15, 0.2) is 0 Å². The molecule has 0 amide bonds. The van der Waals surface area contributed by atoms with Crippen LogP contribution in [0.3, 0.4) is 0 Å². The summed E-state index contributed by atoms with van der Waals surface area (Å²) in [5.74, 6) is 0. The fourth-order valence-electron chi connectivity index (χ4n) is 0.877. The Hall–Kier alpha value is -1.43. The second kappa shape index (κ2) is 2.44. The van der Waals surface area contributed by atoms with Gasteiger partial charge in [0.1, 0.15) is 7.85 Å². The Bertz CT molecular complexity index is 268. The molecule has 0 saturated carbocycles. The van der Waals surface area contributed by atoms with Gasteiger partial charge < -0.3 is 5.73 Å². The van der Waals surface area contributed by atoms with Crippen LogP contribution < -0.4 is 11.2 Å². The summed E-state index contributed by atoms with van der Waals surface area (Å²) < 4.78 is 0. The van der Waals surface area contributed by atoms with E-state index in [1.165, 1.54) is 0 Å². The number of nitriles is 1. The molecule has 0 aliphatic rings. The van der Waals surface area contributed by atoms with Gasteiger partial charge in [-0.25, -0.2) is 0 Å². The molecular weight excluding hydrogens is 123 g/mol. The Morgan fingerprint density at radius 3 is 2.60 bits per heavy atom. The summed E-state index contributed by atoms with van der Waals surface area (Å²) in [6.45, 7) is 0. The van der Waals surface area contributed by atoms with Gasteiger partial charge in [-0.2, -0.15) is 5.26 Å². The summed E-state index contributed by atoms with van der Waals surface area (Å²) in [7, 11) is 1.91. The SMILES string of the molecule is Bc1cc(N)cc(C#N)c1. The van der Waals surface area contributed by atoms with Crippen molar-refractivity contribution in [3.8, 4) is 6.07 Å². The van der Waals surface area contributed by atoms with Gasteiger partial charge in [0, 0.05) is 5.69 Å². The molecule has 10 heavy (non-hydrogen) atoms. The summed E-state index contributed by atoms with van der Waals surface area (Å²) in [5, 5.41) is 8.48. The Kier molecular flexibility index (Phi) is 1.64. The van der Waals surface area contributed by atoms with Gasteiger partial charge in [-0.3, -0.25) is 0 Å². The molecular formula is C7H7BN2. The summed E-state index contributed by atoms with van der Waals surface area (Å²) in [6.07, 6.45) is 0. The maximum Gasteiger partial charge on any atom is 0.139 e. The summed E-state index contributed by atoms with van der Waals surface area (Å²) in [4.78, 5) is 0. The van der Waals surface area contributed by atoms with Gasteiger partial charge in [-0.15, -0.1) is 0 Å². The topological polar surface area (TPSA) is 49.8 Å². The van der Waals surface area contributed by atoms with Gasteiger partial charge in [-0.05, 0) is 12.1 Å². The molecule has 0 aliphatic carbocycles. The van der Waals surface area contributed by atoms with E-state index in [0.29, 0.717) is 11.3 Å².